The van der Waals surface area contributed by atoms with E-state index in [9.17, 15) is 0 Å². The van der Waals surface area contributed by atoms with Crippen molar-refractivity contribution >= 4 is 10.9 Å². The summed E-state index contributed by atoms with van der Waals surface area (Å²) in [6.45, 7) is 4.83. The van der Waals surface area contributed by atoms with E-state index in [1.807, 2.05) is 12.1 Å². The molecular weight excluding hydrogens is 356 g/mol. The first kappa shape index (κ1) is 17.4. The molecule has 0 bridgehead atoms. The first-order valence-corrected chi connectivity index (χ1v) is 9.84. The van der Waals surface area contributed by atoms with Crippen LogP contribution in [0, 0.1) is 13.8 Å². The van der Waals surface area contributed by atoms with Gasteiger partial charge in [-0.2, -0.15) is 10.2 Å². The summed E-state index contributed by atoms with van der Waals surface area (Å²) in [5.41, 5.74) is 6.59. The molecule has 0 amide bonds. The highest BCUT2D eigenvalue weighted by Gasteiger charge is 2.21. The molecule has 0 radical (unpaired) electrons. The maximum atomic E-state index is 4.93. The molecule has 0 aliphatic rings. The lowest BCUT2D eigenvalue weighted by atomic mass is 10.1. The summed E-state index contributed by atoms with van der Waals surface area (Å²) in [5, 5.41) is 11.0. The second-order valence-electron chi connectivity index (χ2n) is 7.31. The summed E-state index contributed by atoms with van der Waals surface area (Å²) in [6.07, 6.45) is 0. The smallest absolute Gasteiger partial charge is 0.161 e. The Morgan fingerprint density at radius 2 is 1.34 bits per heavy atom. The SMILES string of the molecule is Cc1nn(Cc2ccccc2)c(-n2nc(C)c3ccccc32)c1-c1ccccc1. The van der Waals surface area contributed by atoms with Crippen LogP contribution in [0.5, 0.6) is 0 Å². The van der Waals surface area contributed by atoms with Gasteiger partial charge in [0.1, 0.15) is 0 Å². The van der Waals surface area contributed by atoms with Gasteiger partial charge in [0, 0.05) is 10.9 Å². The second-order valence-corrected chi connectivity index (χ2v) is 7.31. The quantitative estimate of drug-likeness (QED) is 0.411. The molecule has 0 saturated carbocycles. The Balaban J connectivity index is 1.79. The zero-order chi connectivity index (χ0) is 19.8. The van der Waals surface area contributed by atoms with E-state index in [0.29, 0.717) is 6.54 Å². The summed E-state index contributed by atoms with van der Waals surface area (Å²) < 4.78 is 4.13. The Hall–Kier alpha value is -3.66. The standard InChI is InChI=1S/C25H22N4/c1-18-22-15-9-10-16-23(22)29(27-18)25-24(21-13-7-4-8-14-21)19(2)26-28(25)17-20-11-5-3-6-12-20/h3-16H,17H2,1-2H3. The van der Waals surface area contributed by atoms with Gasteiger partial charge in [-0.15, -0.1) is 0 Å². The van der Waals surface area contributed by atoms with E-state index in [1.165, 1.54) is 5.56 Å². The number of aromatic nitrogens is 4. The topological polar surface area (TPSA) is 35.6 Å². The van der Waals surface area contributed by atoms with Crippen LogP contribution in [0.4, 0.5) is 0 Å². The van der Waals surface area contributed by atoms with E-state index in [1.54, 1.807) is 0 Å². The van der Waals surface area contributed by atoms with Crippen LogP contribution >= 0.6 is 0 Å². The molecule has 0 saturated heterocycles. The number of benzene rings is 3. The molecule has 0 aliphatic heterocycles. The first-order chi connectivity index (χ1) is 14.2. The van der Waals surface area contributed by atoms with Gasteiger partial charge >= 0.3 is 0 Å². The number of fused-ring (bicyclic) bond motifs is 1. The van der Waals surface area contributed by atoms with Crippen molar-refractivity contribution in [1.29, 1.82) is 0 Å². The maximum absolute atomic E-state index is 4.93. The van der Waals surface area contributed by atoms with Crippen LogP contribution in [0.15, 0.2) is 84.9 Å². The third-order valence-electron chi connectivity index (χ3n) is 5.31. The van der Waals surface area contributed by atoms with E-state index in [4.69, 9.17) is 10.2 Å². The van der Waals surface area contributed by atoms with E-state index in [-0.39, 0.29) is 0 Å². The Labute approximate surface area is 170 Å². The molecule has 3 aromatic carbocycles. The highest BCUT2D eigenvalue weighted by atomic mass is 15.4. The van der Waals surface area contributed by atoms with E-state index >= 15 is 0 Å². The van der Waals surface area contributed by atoms with Crippen LogP contribution in [0.1, 0.15) is 17.0 Å². The molecule has 0 N–H and O–H groups in total. The average Bonchev–Trinajstić information content (AvgIpc) is 3.26. The molecule has 0 fully saturated rings. The van der Waals surface area contributed by atoms with E-state index in [2.05, 4.69) is 96.0 Å². The molecule has 0 unspecified atom stereocenters. The van der Waals surface area contributed by atoms with Gasteiger partial charge in [-0.1, -0.05) is 78.9 Å². The van der Waals surface area contributed by atoms with Gasteiger partial charge in [0.25, 0.3) is 0 Å². The van der Waals surface area contributed by atoms with Crippen molar-refractivity contribution in [2.24, 2.45) is 0 Å². The molecule has 4 heteroatoms. The molecule has 5 rings (SSSR count). The lowest BCUT2D eigenvalue weighted by Gasteiger charge is -2.12. The minimum Gasteiger partial charge on any atom is -0.242 e. The number of aryl methyl sites for hydroxylation is 2. The predicted molar refractivity (Wildman–Crippen MR) is 117 cm³/mol. The molecule has 2 aromatic heterocycles. The van der Waals surface area contributed by atoms with Gasteiger partial charge in [0.05, 0.1) is 23.4 Å². The van der Waals surface area contributed by atoms with Crippen molar-refractivity contribution in [3.05, 3.63) is 102 Å². The lowest BCUT2D eigenvalue weighted by Crippen LogP contribution is -2.10. The third-order valence-corrected chi connectivity index (χ3v) is 5.31. The van der Waals surface area contributed by atoms with Gasteiger partial charge < -0.3 is 0 Å². The predicted octanol–water partition coefficient (Wildman–Crippen LogP) is 5.55. The Morgan fingerprint density at radius 1 is 0.690 bits per heavy atom. The van der Waals surface area contributed by atoms with Crippen molar-refractivity contribution in [3.63, 3.8) is 0 Å². The molecule has 5 aromatic rings. The van der Waals surface area contributed by atoms with Gasteiger partial charge in [0.15, 0.2) is 5.82 Å². The third kappa shape index (κ3) is 3.03. The Kier molecular flexibility index (Phi) is 4.24. The molecule has 29 heavy (non-hydrogen) atoms. The van der Waals surface area contributed by atoms with Crippen LogP contribution in [0.2, 0.25) is 0 Å². The molecule has 4 nitrogen and oxygen atoms in total. The molecule has 2 heterocycles. The van der Waals surface area contributed by atoms with Gasteiger partial charge in [0.2, 0.25) is 0 Å². The summed E-state index contributed by atoms with van der Waals surface area (Å²) in [7, 11) is 0. The van der Waals surface area contributed by atoms with Crippen molar-refractivity contribution in [1.82, 2.24) is 19.6 Å². The number of hydrogen-bond donors (Lipinski definition) is 0. The van der Waals surface area contributed by atoms with Crippen LogP contribution in [-0.2, 0) is 6.54 Å². The van der Waals surface area contributed by atoms with Gasteiger partial charge in [-0.05, 0) is 31.0 Å². The summed E-state index contributed by atoms with van der Waals surface area (Å²) in [6, 6.07) is 29.3. The molecule has 142 valence electrons. The van der Waals surface area contributed by atoms with Crippen molar-refractivity contribution in [2.45, 2.75) is 20.4 Å². The zero-order valence-electron chi connectivity index (χ0n) is 16.6. The number of rotatable bonds is 4. The zero-order valence-corrected chi connectivity index (χ0v) is 16.6. The lowest BCUT2D eigenvalue weighted by molar-refractivity contribution is 0.643. The van der Waals surface area contributed by atoms with Crippen molar-refractivity contribution in [3.8, 4) is 16.9 Å². The Bertz CT molecular complexity index is 1280. The fourth-order valence-corrected chi connectivity index (χ4v) is 3.98. The number of hydrogen-bond acceptors (Lipinski definition) is 2. The van der Waals surface area contributed by atoms with Gasteiger partial charge in [-0.25, -0.2) is 9.36 Å². The van der Waals surface area contributed by atoms with Crippen molar-refractivity contribution < 1.29 is 0 Å². The number of para-hydroxylation sites is 1. The Morgan fingerprint density at radius 3 is 2.10 bits per heavy atom. The minimum atomic E-state index is 0.692. The minimum absolute atomic E-state index is 0.692. The molecule has 0 atom stereocenters. The van der Waals surface area contributed by atoms with E-state index in [0.717, 1.165) is 39.2 Å². The van der Waals surface area contributed by atoms with Crippen LogP contribution in [-0.4, -0.2) is 19.6 Å². The van der Waals surface area contributed by atoms with Gasteiger partial charge in [-0.3, -0.25) is 0 Å². The fraction of sp³-hybridized carbons (Fsp3) is 0.120. The van der Waals surface area contributed by atoms with E-state index < -0.39 is 0 Å². The summed E-state index contributed by atoms with van der Waals surface area (Å²) in [5.74, 6) is 1.00. The second kappa shape index (κ2) is 7.06. The first-order valence-electron chi connectivity index (χ1n) is 9.84. The summed E-state index contributed by atoms with van der Waals surface area (Å²) in [4.78, 5) is 0. The van der Waals surface area contributed by atoms with Crippen LogP contribution < -0.4 is 0 Å². The highest BCUT2D eigenvalue weighted by Crippen LogP contribution is 2.33. The molecule has 0 aliphatic carbocycles. The van der Waals surface area contributed by atoms with Crippen LogP contribution in [0.3, 0.4) is 0 Å². The maximum Gasteiger partial charge on any atom is 0.161 e. The normalized spacial score (nSPS) is 11.2. The average molecular weight is 378 g/mol. The number of nitrogens with zero attached hydrogens (tertiary/aromatic N) is 4. The van der Waals surface area contributed by atoms with Crippen LogP contribution in [0.25, 0.3) is 27.8 Å². The largest absolute Gasteiger partial charge is 0.242 e. The van der Waals surface area contributed by atoms with Crippen molar-refractivity contribution in [2.75, 3.05) is 0 Å². The monoisotopic (exact) mass is 378 g/mol. The fourth-order valence-electron chi connectivity index (χ4n) is 3.98. The molecular formula is C25H22N4. The molecule has 0 spiro atoms. The highest BCUT2D eigenvalue weighted by molar-refractivity contribution is 5.85. The summed E-state index contributed by atoms with van der Waals surface area (Å²) >= 11 is 0.